The molecule has 1 amide bonds. The lowest BCUT2D eigenvalue weighted by molar-refractivity contribution is -0.116. The average Bonchev–Trinajstić information content (AvgIpc) is 2.37. The van der Waals surface area contributed by atoms with Crippen molar-refractivity contribution in [1.29, 1.82) is 0 Å². The number of hydrogen-bond donors (Lipinski definition) is 2. The maximum Gasteiger partial charge on any atom is 0.224 e. The summed E-state index contributed by atoms with van der Waals surface area (Å²) in [6.07, 6.45) is 3.66. The zero-order valence-electron chi connectivity index (χ0n) is 12.0. The molecule has 19 heavy (non-hydrogen) atoms. The van der Waals surface area contributed by atoms with Crippen LogP contribution < -0.4 is 16.0 Å². The number of nitrogens with one attached hydrogen (secondary N) is 1. The Bertz CT molecular complexity index is 485. The summed E-state index contributed by atoms with van der Waals surface area (Å²) in [4.78, 5) is 13.6. The molecule has 4 nitrogen and oxygen atoms in total. The third-order valence-electron chi connectivity index (χ3n) is 3.90. The van der Waals surface area contributed by atoms with Crippen molar-refractivity contribution in [3.05, 3.63) is 17.7 Å². The lowest BCUT2D eigenvalue weighted by Crippen LogP contribution is -2.30. The van der Waals surface area contributed by atoms with Gasteiger partial charge in [0.2, 0.25) is 5.91 Å². The summed E-state index contributed by atoms with van der Waals surface area (Å²) >= 11 is 0. The number of anilines is 3. The highest BCUT2D eigenvalue weighted by molar-refractivity contribution is 5.95. The van der Waals surface area contributed by atoms with Crippen molar-refractivity contribution < 1.29 is 4.79 Å². The molecule has 0 saturated carbocycles. The molecule has 0 aliphatic carbocycles. The van der Waals surface area contributed by atoms with E-state index in [0.29, 0.717) is 12.5 Å². The van der Waals surface area contributed by atoms with Gasteiger partial charge >= 0.3 is 0 Å². The van der Waals surface area contributed by atoms with E-state index in [1.807, 2.05) is 6.07 Å². The van der Waals surface area contributed by atoms with Crippen LogP contribution in [0.2, 0.25) is 0 Å². The van der Waals surface area contributed by atoms with Crippen molar-refractivity contribution in [2.45, 2.75) is 45.6 Å². The number of carbonyl (C=O) groups excluding carboxylic acids is 1. The summed E-state index contributed by atoms with van der Waals surface area (Å²) in [5.41, 5.74) is 9.98. The van der Waals surface area contributed by atoms with E-state index in [1.54, 1.807) is 0 Å². The molecule has 1 atom stereocenters. The van der Waals surface area contributed by atoms with Crippen LogP contribution in [0, 0.1) is 0 Å². The fraction of sp³-hybridized carbons (Fsp3) is 0.533. The third kappa shape index (κ3) is 2.83. The minimum Gasteiger partial charge on any atom is -0.397 e. The van der Waals surface area contributed by atoms with E-state index in [0.717, 1.165) is 36.3 Å². The number of nitrogens with zero attached hydrogens (tertiary/aromatic N) is 1. The quantitative estimate of drug-likeness (QED) is 0.819. The molecule has 2 rings (SSSR count). The molecular formula is C15H23N3O. The molecule has 1 aliphatic rings. The molecule has 4 heteroatoms. The molecular weight excluding hydrogens is 238 g/mol. The molecule has 0 fully saturated rings. The number of amides is 1. The monoisotopic (exact) mass is 261 g/mol. The molecule has 1 aromatic carbocycles. The second-order valence-electron chi connectivity index (χ2n) is 5.36. The van der Waals surface area contributed by atoms with Gasteiger partial charge in [-0.05, 0) is 37.5 Å². The highest BCUT2D eigenvalue weighted by Crippen LogP contribution is 2.33. The Kier molecular flexibility index (Phi) is 3.98. The topological polar surface area (TPSA) is 58.4 Å². The minimum absolute atomic E-state index is 0.0763. The number of rotatable bonds is 4. The van der Waals surface area contributed by atoms with Crippen molar-refractivity contribution in [2.24, 2.45) is 0 Å². The lowest BCUT2D eigenvalue weighted by Gasteiger charge is -2.30. The Morgan fingerprint density at radius 1 is 1.42 bits per heavy atom. The molecule has 1 heterocycles. The standard InChI is InChI=1S/C15H23N3O/c1-4-5-10(2)18(3)14-8-11-6-7-15(19)17-13(11)9-12(14)16/h8-10H,4-7,16H2,1-3H3,(H,17,19). The first-order chi connectivity index (χ1) is 9.02. The fourth-order valence-corrected chi connectivity index (χ4v) is 2.59. The Balaban J connectivity index is 2.29. The van der Waals surface area contributed by atoms with Gasteiger partial charge in [-0.2, -0.15) is 0 Å². The predicted molar refractivity (Wildman–Crippen MR) is 80.6 cm³/mol. The Morgan fingerprint density at radius 3 is 2.84 bits per heavy atom. The first kappa shape index (κ1) is 13.7. The number of carbonyl (C=O) groups is 1. The van der Waals surface area contributed by atoms with Gasteiger partial charge in [-0.15, -0.1) is 0 Å². The predicted octanol–water partition coefficient (Wildman–Crippen LogP) is 2.78. The van der Waals surface area contributed by atoms with Crippen molar-refractivity contribution >= 4 is 23.0 Å². The van der Waals surface area contributed by atoms with Crippen LogP contribution in [0.1, 0.15) is 38.7 Å². The molecule has 1 aromatic rings. The highest BCUT2D eigenvalue weighted by Gasteiger charge is 2.19. The average molecular weight is 261 g/mol. The fourth-order valence-electron chi connectivity index (χ4n) is 2.59. The van der Waals surface area contributed by atoms with Gasteiger partial charge < -0.3 is 16.0 Å². The second kappa shape index (κ2) is 5.51. The second-order valence-corrected chi connectivity index (χ2v) is 5.36. The molecule has 104 valence electrons. The van der Waals surface area contributed by atoms with Gasteiger partial charge in [-0.25, -0.2) is 0 Å². The molecule has 3 N–H and O–H groups in total. The van der Waals surface area contributed by atoms with Crippen LogP contribution in [0.15, 0.2) is 12.1 Å². The van der Waals surface area contributed by atoms with E-state index in [1.165, 1.54) is 5.56 Å². The van der Waals surface area contributed by atoms with Crippen molar-refractivity contribution in [1.82, 2.24) is 0 Å². The van der Waals surface area contributed by atoms with E-state index in [2.05, 4.69) is 37.2 Å². The zero-order chi connectivity index (χ0) is 14.0. The summed E-state index contributed by atoms with van der Waals surface area (Å²) in [6.45, 7) is 4.40. The number of hydrogen-bond acceptors (Lipinski definition) is 3. The van der Waals surface area contributed by atoms with Crippen LogP contribution in [0.3, 0.4) is 0 Å². The Hall–Kier alpha value is -1.71. The number of aryl methyl sites for hydroxylation is 1. The van der Waals surface area contributed by atoms with Crippen LogP contribution in [-0.2, 0) is 11.2 Å². The van der Waals surface area contributed by atoms with Gasteiger partial charge in [0.15, 0.2) is 0 Å². The van der Waals surface area contributed by atoms with Crippen LogP contribution >= 0.6 is 0 Å². The number of nitrogen functional groups attached to an aromatic ring is 1. The summed E-state index contributed by atoms with van der Waals surface area (Å²) in [5.74, 6) is 0.0763. The zero-order valence-corrected chi connectivity index (χ0v) is 12.0. The molecule has 0 bridgehead atoms. The highest BCUT2D eigenvalue weighted by atomic mass is 16.1. The van der Waals surface area contributed by atoms with Crippen molar-refractivity contribution in [3.63, 3.8) is 0 Å². The Morgan fingerprint density at radius 2 is 2.16 bits per heavy atom. The Labute approximate surface area is 115 Å². The lowest BCUT2D eigenvalue weighted by atomic mass is 10.0. The summed E-state index contributed by atoms with van der Waals surface area (Å²) < 4.78 is 0. The maximum absolute atomic E-state index is 11.4. The first-order valence-electron chi connectivity index (χ1n) is 6.98. The molecule has 0 aromatic heterocycles. The van der Waals surface area contributed by atoms with Gasteiger partial charge in [0.05, 0.1) is 11.4 Å². The molecule has 1 aliphatic heterocycles. The SMILES string of the molecule is CCCC(C)N(C)c1cc2c(cc1N)NC(=O)CC2. The van der Waals surface area contributed by atoms with Crippen molar-refractivity contribution in [3.8, 4) is 0 Å². The van der Waals surface area contributed by atoms with Crippen LogP contribution in [0.4, 0.5) is 17.1 Å². The van der Waals surface area contributed by atoms with Gasteiger partial charge in [-0.3, -0.25) is 4.79 Å². The van der Waals surface area contributed by atoms with E-state index < -0.39 is 0 Å². The van der Waals surface area contributed by atoms with Gasteiger partial charge in [0.1, 0.15) is 0 Å². The molecule has 0 saturated heterocycles. The van der Waals surface area contributed by atoms with Crippen LogP contribution in [0.25, 0.3) is 0 Å². The third-order valence-corrected chi connectivity index (χ3v) is 3.90. The van der Waals surface area contributed by atoms with E-state index in [-0.39, 0.29) is 5.91 Å². The first-order valence-corrected chi connectivity index (χ1v) is 6.98. The molecule has 1 unspecified atom stereocenters. The van der Waals surface area contributed by atoms with Gasteiger partial charge in [0, 0.05) is 25.2 Å². The van der Waals surface area contributed by atoms with E-state index >= 15 is 0 Å². The summed E-state index contributed by atoms with van der Waals surface area (Å²) in [5, 5.41) is 2.88. The van der Waals surface area contributed by atoms with E-state index in [9.17, 15) is 4.79 Å². The normalized spacial score (nSPS) is 15.6. The summed E-state index contributed by atoms with van der Waals surface area (Å²) in [7, 11) is 2.08. The van der Waals surface area contributed by atoms with Gasteiger partial charge in [-0.1, -0.05) is 13.3 Å². The van der Waals surface area contributed by atoms with E-state index in [4.69, 9.17) is 5.73 Å². The number of benzene rings is 1. The summed E-state index contributed by atoms with van der Waals surface area (Å²) in [6, 6.07) is 4.47. The molecule has 0 spiro atoms. The van der Waals surface area contributed by atoms with Crippen LogP contribution in [0.5, 0.6) is 0 Å². The largest absolute Gasteiger partial charge is 0.397 e. The maximum atomic E-state index is 11.4. The number of fused-ring (bicyclic) bond motifs is 1. The van der Waals surface area contributed by atoms with Crippen molar-refractivity contribution in [2.75, 3.05) is 23.0 Å². The number of nitrogens with two attached hydrogens (primary N) is 1. The minimum atomic E-state index is 0.0763. The smallest absolute Gasteiger partial charge is 0.224 e. The van der Waals surface area contributed by atoms with Crippen LogP contribution in [-0.4, -0.2) is 19.0 Å². The van der Waals surface area contributed by atoms with Gasteiger partial charge in [0.25, 0.3) is 0 Å². The molecule has 0 radical (unpaired) electrons.